The molecule has 1 unspecified atom stereocenters. The molecule has 0 aromatic heterocycles. The molecule has 4 aromatic rings. The van der Waals surface area contributed by atoms with E-state index in [4.69, 9.17) is 4.99 Å². The number of aryl methyl sites for hydroxylation is 2. The lowest BCUT2D eigenvalue weighted by Crippen LogP contribution is -2.50. The summed E-state index contributed by atoms with van der Waals surface area (Å²) in [6.07, 6.45) is -1.26. The normalized spacial score (nSPS) is 14.6. The van der Waals surface area contributed by atoms with Crippen LogP contribution in [0, 0.1) is 13.8 Å². The molecule has 1 aliphatic rings. The molecule has 2 N–H and O–H groups in total. The molecule has 194 valence electrons. The molecular weight excluding hydrogens is 488 g/mol. The summed E-state index contributed by atoms with van der Waals surface area (Å²) >= 11 is 0. The van der Waals surface area contributed by atoms with Crippen LogP contribution in [0.2, 0.25) is 0 Å². The van der Waals surface area contributed by atoms with Gasteiger partial charge in [-0.1, -0.05) is 90.5 Å². The molecule has 0 radical (unpaired) electrons. The third kappa shape index (κ3) is 5.62. The quantitative estimate of drug-likeness (QED) is 0.331. The maximum atomic E-state index is 14.0. The predicted octanol–water partition coefficient (Wildman–Crippen LogP) is 5.52. The number of rotatable bonds is 6. The Hall–Kier alpha value is -5.04. The summed E-state index contributed by atoms with van der Waals surface area (Å²) in [6, 6.07) is 30.9. The summed E-state index contributed by atoms with van der Waals surface area (Å²) < 4.78 is 0. The fourth-order valence-electron chi connectivity index (χ4n) is 4.56. The van der Waals surface area contributed by atoms with Gasteiger partial charge in [-0.25, -0.2) is 9.79 Å². The number of anilines is 2. The van der Waals surface area contributed by atoms with Crippen molar-refractivity contribution < 1.29 is 14.4 Å². The molecule has 7 nitrogen and oxygen atoms in total. The molecule has 1 heterocycles. The molecule has 0 bridgehead atoms. The number of carbonyl (C=O) groups excluding carboxylic acids is 3. The van der Waals surface area contributed by atoms with Crippen molar-refractivity contribution in [3.8, 4) is 0 Å². The highest BCUT2D eigenvalue weighted by Crippen LogP contribution is 2.29. The van der Waals surface area contributed by atoms with Crippen molar-refractivity contribution in [3.63, 3.8) is 0 Å². The van der Waals surface area contributed by atoms with E-state index in [1.54, 1.807) is 30.3 Å². The number of carbonyl (C=O) groups is 3. The highest BCUT2D eigenvalue weighted by Gasteiger charge is 2.34. The van der Waals surface area contributed by atoms with Crippen molar-refractivity contribution in [3.05, 3.63) is 131 Å². The van der Waals surface area contributed by atoms with Crippen molar-refractivity contribution in [2.75, 3.05) is 16.8 Å². The summed E-state index contributed by atoms with van der Waals surface area (Å²) in [4.78, 5) is 46.6. The number of ketones is 1. The maximum absolute atomic E-state index is 14.0. The van der Waals surface area contributed by atoms with Crippen LogP contribution in [-0.2, 0) is 4.79 Å². The minimum atomic E-state index is -1.26. The zero-order valence-corrected chi connectivity index (χ0v) is 21.7. The van der Waals surface area contributed by atoms with Gasteiger partial charge in [0.05, 0.1) is 17.9 Å². The smallest absolute Gasteiger partial charge is 0.308 e. The van der Waals surface area contributed by atoms with Crippen LogP contribution in [0.5, 0.6) is 0 Å². The first-order valence-electron chi connectivity index (χ1n) is 12.7. The predicted molar refractivity (Wildman–Crippen MR) is 154 cm³/mol. The average Bonchev–Trinajstić information content (AvgIpc) is 3.05. The Balaban J connectivity index is 1.54. The Labute approximate surface area is 227 Å². The van der Waals surface area contributed by atoms with Crippen molar-refractivity contribution in [2.45, 2.75) is 20.0 Å². The Morgan fingerprint density at radius 1 is 0.821 bits per heavy atom. The third-order valence-corrected chi connectivity index (χ3v) is 6.58. The summed E-state index contributed by atoms with van der Waals surface area (Å²) in [5.41, 5.74) is 5.59. The van der Waals surface area contributed by atoms with Crippen molar-refractivity contribution in [1.29, 1.82) is 0 Å². The number of hydrogen-bond acceptors (Lipinski definition) is 4. The van der Waals surface area contributed by atoms with Crippen LogP contribution < -0.4 is 15.5 Å². The Morgan fingerprint density at radius 3 is 2.23 bits per heavy atom. The Bertz CT molecular complexity index is 1560. The van der Waals surface area contributed by atoms with Crippen LogP contribution in [-0.4, -0.2) is 36.1 Å². The van der Waals surface area contributed by atoms with Crippen LogP contribution in [0.4, 0.5) is 16.2 Å². The number of benzodiazepines with no additional fused rings is 1. The largest absolute Gasteiger partial charge is 0.321 e. The minimum Gasteiger partial charge on any atom is -0.308 e. The van der Waals surface area contributed by atoms with Crippen LogP contribution in [0.3, 0.4) is 0 Å². The number of para-hydroxylation sites is 1. The fourth-order valence-corrected chi connectivity index (χ4v) is 4.56. The Morgan fingerprint density at radius 2 is 1.49 bits per heavy atom. The molecule has 0 saturated carbocycles. The van der Waals surface area contributed by atoms with Gasteiger partial charge in [0.15, 0.2) is 5.78 Å². The van der Waals surface area contributed by atoms with Crippen LogP contribution in [0.1, 0.15) is 32.6 Å². The topological polar surface area (TPSA) is 90.9 Å². The first-order chi connectivity index (χ1) is 18.9. The molecule has 1 aliphatic heterocycles. The fraction of sp³-hybridized carbons (Fsp3) is 0.125. The summed E-state index contributed by atoms with van der Waals surface area (Å²) in [5.74, 6) is -0.711. The van der Waals surface area contributed by atoms with E-state index in [1.807, 2.05) is 86.6 Å². The third-order valence-electron chi connectivity index (χ3n) is 6.58. The molecule has 0 fully saturated rings. The lowest BCUT2D eigenvalue weighted by Gasteiger charge is -2.25. The first kappa shape index (κ1) is 25.6. The molecule has 4 aromatic carbocycles. The van der Waals surface area contributed by atoms with Crippen LogP contribution >= 0.6 is 0 Å². The van der Waals surface area contributed by atoms with Gasteiger partial charge in [-0.3, -0.25) is 9.59 Å². The number of amides is 3. The number of aliphatic imine (C=N–C) groups is 1. The van der Waals surface area contributed by atoms with Crippen molar-refractivity contribution >= 4 is 34.8 Å². The van der Waals surface area contributed by atoms with E-state index in [0.29, 0.717) is 28.2 Å². The summed E-state index contributed by atoms with van der Waals surface area (Å²) in [5, 5.41) is 5.49. The van der Waals surface area contributed by atoms with Gasteiger partial charge in [0, 0.05) is 22.4 Å². The van der Waals surface area contributed by atoms with Gasteiger partial charge in [0.25, 0.3) is 5.91 Å². The van der Waals surface area contributed by atoms with Crippen molar-refractivity contribution in [2.24, 2.45) is 4.99 Å². The van der Waals surface area contributed by atoms with Gasteiger partial charge in [-0.2, -0.15) is 0 Å². The van der Waals surface area contributed by atoms with Crippen LogP contribution in [0.25, 0.3) is 0 Å². The van der Waals surface area contributed by atoms with Gasteiger partial charge in [-0.05, 0) is 37.6 Å². The number of fused-ring (bicyclic) bond motifs is 1. The molecule has 0 spiro atoms. The molecular formula is C32H28N4O3. The lowest BCUT2D eigenvalue weighted by atomic mass is 9.99. The molecule has 3 amide bonds. The van der Waals surface area contributed by atoms with Gasteiger partial charge in [0.2, 0.25) is 6.17 Å². The molecule has 1 atom stereocenters. The molecule has 0 aliphatic carbocycles. The highest BCUT2D eigenvalue weighted by molar-refractivity contribution is 6.21. The zero-order valence-electron chi connectivity index (χ0n) is 21.7. The van der Waals surface area contributed by atoms with E-state index in [-0.39, 0.29) is 12.3 Å². The van der Waals surface area contributed by atoms with Crippen LogP contribution in [0.15, 0.2) is 108 Å². The summed E-state index contributed by atoms with van der Waals surface area (Å²) in [6.45, 7) is 3.62. The van der Waals surface area contributed by atoms with Gasteiger partial charge in [-0.15, -0.1) is 0 Å². The molecule has 7 heteroatoms. The van der Waals surface area contributed by atoms with E-state index in [0.717, 1.165) is 16.7 Å². The zero-order chi connectivity index (χ0) is 27.4. The van der Waals surface area contributed by atoms with E-state index in [9.17, 15) is 14.4 Å². The molecule has 5 rings (SSSR count). The maximum Gasteiger partial charge on any atom is 0.321 e. The number of nitrogens with zero attached hydrogens (tertiary/aromatic N) is 2. The van der Waals surface area contributed by atoms with E-state index in [2.05, 4.69) is 10.6 Å². The number of urea groups is 1. The second-order valence-corrected chi connectivity index (χ2v) is 9.39. The highest BCUT2D eigenvalue weighted by atomic mass is 16.2. The lowest BCUT2D eigenvalue weighted by molar-refractivity contribution is -0.120. The number of benzene rings is 4. The first-order valence-corrected chi connectivity index (χ1v) is 12.7. The molecule has 39 heavy (non-hydrogen) atoms. The standard InChI is InChI=1S/C32H28N4O3/c1-21-16-18-24(19-17-21)33-32(39)35-30-31(38)36(20-28(37)25-13-7-6-10-22(25)2)27-15-9-8-14-26(27)29(34-30)23-11-4-3-5-12-23/h3-19,30H,20H2,1-2H3,(H2,33,35,39). The monoisotopic (exact) mass is 516 g/mol. The van der Waals surface area contributed by atoms with Crippen molar-refractivity contribution in [1.82, 2.24) is 5.32 Å². The SMILES string of the molecule is Cc1ccc(NC(=O)NC2N=C(c3ccccc3)c3ccccc3N(CC(=O)c3ccccc3C)C2=O)cc1. The van der Waals surface area contributed by atoms with Gasteiger partial charge in [0.1, 0.15) is 0 Å². The Kier molecular flexibility index (Phi) is 7.32. The van der Waals surface area contributed by atoms with E-state index < -0.39 is 18.1 Å². The second kappa shape index (κ2) is 11.1. The van der Waals surface area contributed by atoms with E-state index in [1.165, 1.54) is 4.90 Å². The second-order valence-electron chi connectivity index (χ2n) is 9.39. The average molecular weight is 517 g/mol. The van der Waals surface area contributed by atoms with Gasteiger partial charge < -0.3 is 15.5 Å². The summed E-state index contributed by atoms with van der Waals surface area (Å²) in [7, 11) is 0. The van der Waals surface area contributed by atoms with Gasteiger partial charge >= 0.3 is 6.03 Å². The number of Topliss-reactive ketones (excluding diaryl/α,β-unsaturated/α-hetero) is 1. The minimum absolute atomic E-state index is 0.198. The number of nitrogens with one attached hydrogen (secondary N) is 2. The molecule has 0 saturated heterocycles. The number of hydrogen-bond donors (Lipinski definition) is 2. The van der Waals surface area contributed by atoms with E-state index >= 15 is 0 Å².